The average molecular weight is 222 g/mol. The minimum atomic E-state index is -0.998. The Morgan fingerprint density at radius 1 is 1.77 bits per heavy atom. The van der Waals surface area contributed by atoms with Crippen LogP contribution in [0.2, 0.25) is 0 Å². The van der Waals surface area contributed by atoms with Crippen LogP contribution in [0.4, 0.5) is 0 Å². The molecular formula is C6H12BO4PS. The zero-order valence-corrected chi connectivity index (χ0v) is 9.08. The Kier molecular flexibility index (Phi) is 7.37. The van der Waals surface area contributed by atoms with E-state index in [2.05, 4.69) is 11.8 Å². The molecule has 0 heterocycles. The van der Waals surface area contributed by atoms with Crippen molar-refractivity contribution in [1.29, 1.82) is 0 Å². The molecule has 74 valence electrons. The molecule has 0 aliphatic rings. The normalized spacial score (nSPS) is 14.9. The van der Waals surface area contributed by atoms with Crippen LogP contribution in [0.1, 0.15) is 13.3 Å². The van der Waals surface area contributed by atoms with Crippen LogP contribution in [-0.4, -0.2) is 35.7 Å². The van der Waals surface area contributed by atoms with E-state index >= 15 is 0 Å². The third-order valence-corrected chi connectivity index (χ3v) is 2.18. The van der Waals surface area contributed by atoms with Gasteiger partial charge in [0.05, 0.1) is 0 Å². The summed E-state index contributed by atoms with van der Waals surface area (Å²) in [6, 6.07) is 0. The zero-order valence-electron chi connectivity index (χ0n) is 7.27. The Labute approximate surface area is 83.6 Å². The van der Waals surface area contributed by atoms with E-state index in [0.717, 1.165) is 0 Å². The van der Waals surface area contributed by atoms with Gasteiger partial charge in [0.2, 0.25) is 0 Å². The molecule has 0 rings (SSSR count). The molecule has 0 saturated heterocycles. The first-order chi connectivity index (χ1) is 6.09. The number of hydrogen-bond acceptors (Lipinski definition) is 4. The van der Waals surface area contributed by atoms with Crippen molar-refractivity contribution in [3.8, 4) is 0 Å². The van der Waals surface area contributed by atoms with Crippen LogP contribution >= 0.6 is 6.85 Å². The van der Waals surface area contributed by atoms with Crippen LogP contribution in [0.3, 0.4) is 0 Å². The molecule has 3 atom stereocenters. The van der Waals surface area contributed by atoms with Gasteiger partial charge in [-0.2, -0.15) is 0 Å². The van der Waals surface area contributed by atoms with Crippen molar-refractivity contribution < 1.29 is 19.7 Å². The van der Waals surface area contributed by atoms with Gasteiger partial charge in [0.25, 0.3) is 0 Å². The van der Waals surface area contributed by atoms with E-state index in [0.29, 0.717) is 13.0 Å². The Morgan fingerprint density at radius 3 is 2.85 bits per heavy atom. The van der Waals surface area contributed by atoms with Crippen molar-refractivity contribution in [3.63, 3.8) is 0 Å². The molecule has 0 aliphatic carbocycles. The van der Waals surface area contributed by atoms with Gasteiger partial charge < -0.3 is 0 Å². The van der Waals surface area contributed by atoms with Gasteiger partial charge in [-0.1, -0.05) is 0 Å². The average Bonchev–Trinajstić information content (AvgIpc) is 2.10. The number of hydrogen-bond donors (Lipinski definition) is 2. The summed E-state index contributed by atoms with van der Waals surface area (Å²) in [4.78, 5) is 10.4. The topological polar surface area (TPSA) is 66.8 Å². The van der Waals surface area contributed by atoms with Gasteiger partial charge in [0, 0.05) is 0 Å². The minimum absolute atomic E-state index is 0.189. The molecule has 0 aromatic heterocycles. The fourth-order valence-corrected chi connectivity index (χ4v) is 1.09. The van der Waals surface area contributed by atoms with E-state index in [1.54, 1.807) is 0 Å². The van der Waals surface area contributed by atoms with Gasteiger partial charge in [-0.15, -0.1) is 0 Å². The van der Waals surface area contributed by atoms with E-state index in [4.69, 9.17) is 9.76 Å². The summed E-state index contributed by atoms with van der Waals surface area (Å²) in [5, 5.41) is 17.8. The summed E-state index contributed by atoms with van der Waals surface area (Å²) in [7, 11) is 0. The third-order valence-electron chi connectivity index (χ3n) is 1.63. The molecule has 2 N–H and O–H groups in total. The fourth-order valence-electron chi connectivity index (χ4n) is 0.696. The van der Waals surface area contributed by atoms with Gasteiger partial charge in [-0.05, 0) is 0 Å². The molecule has 0 amide bonds. The first-order valence-electron chi connectivity index (χ1n) is 3.81. The Morgan fingerprint density at radius 2 is 2.38 bits per heavy atom. The van der Waals surface area contributed by atoms with Crippen molar-refractivity contribution in [3.05, 3.63) is 0 Å². The van der Waals surface area contributed by atoms with Gasteiger partial charge in [0.1, 0.15) is 0 Å². The van der Waals surface area contributed by atoms with Crippen molar-refractivity contribution in [2.45, 2.75) is 19.4 Å². The number of carboxylic acid groups (broad SMARTS) is 1. The van der Waals surface area contributed by atoms with Crippen molar-refractivity contribution in [1.82, 2.24) is 0 Å². The summed E-state index contributed by atoms with van der Waals surface area (Å²) in [6.07, 6.45) is -0.552. The van der Waals surface area contributed by atoms with Crippen LogP contribution in [0.15, 0.2) is 0 Å². The quantitative estimate of drug-likeness (QED) is 0.380. The van der Waals surface area contributed by atoms with E-state index in [1.807, 2.05) is 0 Å². The first kappa shape index (κ1) is 13.0. The molecule has 4 nitrogen and oxygen atoms in total. The molecular weight excluding hydrogens is 210 g/mol. The summed E-state index contributed by atoms with van der Waals surface area (Å²) in [5.74, 6) is -1.75. The van der Waals surface area contributed by atoms with E-state index in [9.17, 15) is 9.90 Å². The first-order valence-corrected chi connectivity index (χ1v) is 6.02. The van der Waals surface area contributed by atoms with Crippen LogP contribution in [-0.2, 0) is 21.3 Å². The van der Waals surface area contributed by atoms with E-state index in [-0.39, 0.29) is 6.85 Å². The third kappa shape index (κ3) is 6.10. The van der Waals surface area contributed by atoms with Crippen molar-refractivity contribution in [2.24, 2.45) is 5.92 Å². The van der Waals surface area contributed by atoms with Gasteiger partial charge in [-0.3, -0.25) is 0 Å². The summed E-state index contributed by atoms with van der Waals surface area (Å²) >= 11 is 4.61. The molecule has 0 fully saturated rings. The molecule has 7 heteroatoms. The molecule has 1 unspecified atom stereocenters. The maximum absolute atomic E-state index is 10.4. The van der Waals surface area contributed by atoms with Gasteiger partial charge >= 0.3 is 83.1 Å². The number of carboxylic acids is 1. The molecule has 0 saturated carbocycles. The van der Waals surface area contributed by atoms with Crippen molar-refractivity contribution >= 4 is 31.4 Å². The molecule has 0 aromatic carbocycles. The molecule has 0 bridgehead atoms. The maximum atomic E-state index is 10.4. The number of aliphatic hydroxyl groups excluding tert-OH is 1. The second kappa shape index (κ2) is 7.39. The summed E-state index contributed by atoms with van der Waals surface area (Å²) < 4.78 is 4.91. The second-order valence-corrected chi connectivity index (χ2v) is 3.77. The number of aliphatic hydroxyl groups is 1. The van der Waals surface area contributed by atoms with Crippen LogP contribution < -0.4 is 0 Å². The number of carbonyl (C=O) groups is 1. The van der Waals surface area contributed by atoms with Crippen molar-refractivity contribution in [2.75, 3.05) is 6.61 Å². The predicted molar refractivity (Wildman–Crippen MR) is 54.8 cm³/mol. The number of aliphatic carboxylic acids is 1. The van der Waals surface area contributed by atoms with E-state index < -0.39 is 18.0 Å². The number of rotatable bonds is 6. The Bertz CT molecular complexity index is 219. The zero-order chi connectivity index (χ0) is 10.3. The van der Waals surface area contributed by atoms with Crippen LogP contribution in [0, 0.1) is 5.92 Å². The monoisotopic (exact) mass is 222 g/mol. The molecule has 0 aromatic rings. The SMILES string of the molecule is C[C@H](C(=O)O)[C@H](O)CCOB=[PH]=S. The Hall–Kier alpha value is -0.0251. The summed E-state index contributed by atoms with van der Waals surface area (Å²) in [5.41, 5.74) is 0. The molecule has 0 radical (unpaired) electrons. The molecule has 13 heavy (non-hydrogen) atoms. The summed E-state index contributed by atoms with van der Waals surface area (Å²) in [6.45, 7) is 3.44. The predicted octanol–water partition coefficient (Wildman–Crippen LogP) is 0.149. The molecule has 0 spiro atoms. The van der Waals surface area contributed by atoms with E-state index in [1.165, 1.54) is 13.7 Å². The van der Waals surface area contributed by atoms with Crippen LogP contribution in [0.25, 0.3) is 0 Å². The standard InChI is InChI=1S/C6H12BO4PS/c1-4(6(9)10)5(8)2-3-11-7-12-13/h4-5,8,12H,2-3H2,1H3,(H,9,10)/t4-,5+/m0/s1. The second-order valence-electron chi connectivity index (χ2n) is 2.59. The van der Waals surface area contributed by atoms with Gasteiger partial charge in [0.15, 0.2) is 0 Å². The van der Waals surface area contributed by atoms with Gasteiger partial charge in [-0.25, -0.2) is 0 Å². The van der Waals surface area contributed by atoms with Crippen LogP contribution in [0.5, 0.6) is 0 Å². The fraction of sp³-hybridized carbons (Fsp3) is 0.833. The molecule has 0 aliphatic heterocycles. The Balaban J connectivity index is 3.67.